The topological polar surface area (TPSA) is 27.1 Å². The van der Waals surface area contributed by atoms with Gasteiger partial charge in [-0.3, -0.25) is 5.41 Å². The van der Waals surface area contributed by atoms with Crippen molar-refractivity contribution in [2.24, 2.45) is 0 Å². The van der Waals surface area contributed by atoms with Crippen LogP contribution in [-0.4, -0.2) is 16.8 Å². The van der Waals surface area contributed by atoms with Crippen LogP contribution in [0.2, 0.25) is 0 Å². The van der Waals surface area contributed by atoms with Gasteiger partial charge in [0.25, 0.3) is 0 Å². The van der Waals surface area contributed by atoms with Crippen molar-refractivity contribution in [1.29, 1.82) is 5.41 Å². The number of rotatable bonds is 6. The Morgan fingerprint density at radius 3 is 2.72 bits per heavy atom. The predicted octanol–water partition coefficient (Wildman–Crippen LogP) is 4.19. The van der Waals surface area contributed by atoms with E-state index in [0.717, 1.165) is 12.1 Å². The summed E-state index contributed by atoms with van der Waals surface area (Å²) < 4.78 is 0. The number of nitrogens with zero attached hydrogens (tertiary/aromatic N) is 1. The van der Waals surface area contributed by atoms with Crippen molar-refractivity contribution < 1.29 is 0 Å². The van der Waals surface area contributed by atoms with Crippen LogP contribution < -0.4 is 0 Å². The van der Waals surface area contributed by atoms with E-state index in [1.807, 2.05) is 6.07 Å². The van der Waals surface area contributed by atoms with Gasteiger partial charge in [0, 0.05) is 18.2 Å². The summed E-state index contributed by atoms with van der Waals surface area (Å²) in [5.41, 5.74) is 2.43. The normalized spacial score (nSPS) is 15.9. The lowest BCUT2D eigenvalue weighted by molar-refractivity contribution is 0.309. The van der Waals surface area contributed by atoms with Crippen LogP contribution in [-0.2, 0) is 6.54 Å². The molecule has 1 aliphatic rings. The minimum absolute atomic E-state index is 0.488. The number of unbranched alkanes of at least 4 members (excludes halogenated alkanes) is 3. The molecule has 0 saturated carbocycles. The Bertz CT molecular complexity index is 411. The van der Waals surface area contributed by atoms with Gasteiger partial charge in [-0.15, -0.1) is 0 Å². The molecule has 0 bridgehead atoms. The van der Waals surface area contributed by atoms with E-state index in [0.29, 0.717) is 11.9 Å². The molecule has 0 saturated heterocycles. The van der Waals surface area contributed by atoms with E-state index < -0.39 is 0 Å². The van der Waals surface area contributed by atoms with E-state index >= 15 is 0 Å². The van der Waals surface area contributed by atoms with Crippen molar-refractivity contribution in [3.05, 3.63) is 35.4 Å². The lowest BCUT2D eigenvalue weighted by atomic mass is 10.1. The van der Waals surface area contributed by atoms with E-state index in [2.05, 4.69) is 36.9 Å². The lowest BCUT2D eigenvalue weighted by Gasteiger charge is -2.26. The molecule has 2 nitrogen and oxygen atoms in total. The zero-order valence-corrected chi connectivity index (χ0v) is 11.6. The summed E-state index contributed by atoms with van der Waals surface area (Å²) in [6, 6.07) is 8.81. The van der Waals surface area contributed by atoms with Crippen LogP contribution in [0.25, 0.3) is 0 Å². The fourth-order valence-electron chi connectivity index (χ4n) is 2.71. The number of amidine groups is 1. The molecule has 1 atom stereocenters. The second-order valence-corrected chi connectivity index (χ2v) is 5.33. The van der Waals surface area contributed by atoms with Crippen LogP contribution in [0.4, 0.5) is 0 Å². The molecular weight excluding hydrogens is 220 g/mol. The highest BCUT2D eigenvalue weighted by Crippen LogP contribution is 2.25. The van der Waals surface area contributed by atoms with Gasteiger partial charge in [-0.25, -0.2) is 0 Å². The first kappa shape index (κ1) is 13.1. The van der Waals surface area contributed by atoms with Crippen molar-refractivity contribution >= 4 is 5.84 Å². The van der Waals surface area contributed by atoms with Crippen molar-refractivity contribution in [1.82, 2.24) is 4.90 Å². The minimum atomic E-state index is 0.488. The Morgan fingerprint density at radius 1 is 1.22 bits per heavy atom. The molecular formula is C16H24N2. The second-order valence-electron chi connectivity index (χ2n) is 5.33. The number of hydrogen-bond acceptors (Lipinski definition) is 1. The quantitative estimate of drug-likeness (QED) is 0.746. The summed E-state index contributed by atoms with van der Waals surface area (Å²) in [6.07, 6.45) is 6.45. The van der Waals surface area contributed by atoms with Crippen LogP contribution in [0.3, 0.4) is 0 Å². The van der Waals surface area contributed by atoms with Gasteiger partial charge in [0.15, 0.2) is 0 Å². The van der Waals surface area contributed by atoms with Crippen LogP contribution in [0, 0.1) is 5.41 Å². The van der Waals surface area contributed by atoms with E-state index in [4.69, 9.17) is 5.41 Å². The molecule has 0 aromatic heterocycles. The summed E-state index contributed by atoms with van der Waals surface area (Å²) in [5, 5.41) is 8.26. The van der Waals surface area contributed by atoms with Crippen molar-refractivity contribution in [3.63, 3.8) is 0 Å². The van der Waals surface area contributed by atoms with Crippen molar-refractivity contribution in [3.8, 4) is 0 Å². The molecule has 1 unspecified atom stereocenters. The summed E-state index contributed by atoms with van der Waals surface area (Å²) in [4.78, 5) is 2.25. The third-order valence-corrected chi connectivity index (χ3v) is 3.91. The van der Waals surface area contributed by atoms with Crippen LogP contribution in [0.5, 0.6) is 0 Å². The van der Waals surface area contributed by atoms with Crippen LogP contribution in [0.15, 0.2) is 24.3 Å². The predicted molar refractivity (Wildman–Crippen MR) is 77.0 cm³/mol. The Hall–Kier alpha value is -1.31. The van der Waals surface area contributed by atoms with Gasteiger partial charge in [-0.2, -0.15) is 0 Å². The molecule has 18 heavy (non-hydrogen) atoms. The summed E-state index contributed by atoms with van der Waals surface area (Å²) in [6.45, 7) is 5.42. The molecule has 1 aliphatic heterocycles. The van der Waals surface area contributed by atoms with E-state index in [1.165, 1.54) is 37.7 Å². The Kier molecular flexibility index (Phi) is 4.40. The maximum atomic E-state index is 8.26. The first-order chi connectivity index (χ1) is 8.74. The summed E-state index contributed by atoms with van der Waals surface area (Å²) in [7, 11) is 0. The smallest absolute Gasteiger partial charge is 0.128 e. The first-order valence-electron chi connectivity index (χ1n) is 7.17. The van der Waals surface area contributed by atoms with Crippen LogP contribution >= 0.6 is 0 Å². The maximum Gasteiger partial charge on any atom is 0.128 e. The number of hydrogen-bond donors (Lipinski definition) is 1. The van der Waals surface area contributed by atoms with Gasteiger partial charge in [0.2, 0.25) is 0 Å². The number of benzene rings is 1. The third-order valence-electron chi connectivity index (χ3n) is 3.91. The highest BCUT2D eigenvalue weighted by atomic mass is 15.2. The Labute approximate surface area is 111 Å². The van der Waals surface area contributed by atoms with Gasteiger partial charge in [0.1, 0.15) is 5.84 Å². The van der Waals surface area contributed by atoms with E-state index in [9.17, 15) is 0 Å². The van der Waals surface area contributed by atoms with Gasteiger partial charge in [-0.1, -0.05) is 56.9 Å². The molecule has 2 heteroatoms. The molecule has 0 spiro atoms. The average Bonchev–Trinajstić information content (AvgIpc) is 2.73. The number of nitrogens with one attached hydrogen (secondary N) is 1. The molecule has 1 heterocycles. The van der Waals surface area contributed by atoms with Crippen molar-refractivity contribution in [2.45, 2.75) is 58.5 Å². The molecule has 1 N–H and O–H groups in total. The Morgan fingerprint density at radius 2 is 2.00 bits per heavy atom. The molecule has 1 aromatic carbocycles. The average molecular weight is 244 g/mol. The molecule has 2 rings (SSSR count). The molecule has 0 radical (unpaired) electrons. The number of fused-ring (bicyclic) bond motifs is 1. The maximum absolute atomic E-state index is 8.26. The van der Waals surface area contributed by atoms with E-state index in [-0.39, 0.29) is 0 Å². The summed E-state index contributed by atoms with van der Waals surface area (Å²) >= 11 is 0. The zero-order chi connectivity index (χ0) is 13.0. The molecule has 1 aromatic rings. The SMILES string of the molecule is CCCCCCC(C)N1Cc2ccccc2C1=N. The molecule has 0 aliphatic carbocycles. The molecule has 0 fully saturated rings. The third kappa shape index (κ3) is 2.74. The fourth-order valence-corrected chi connectivity index (χ4v) is 2.71. The highest BCUT2D eigenvalue weighted by Gasteiger charge is 2.26. The summed E-state index contributed by atoms with van der Waals surface area (Å²) in [5.74, 6) is 0.716. The highest BCUT2D eigenvalue weighted by molar-refractivity contribution is 6.00. The lowest BCUT2D eigenvalue weighted by Crippen LogP contribution is -2.33. The van der Waals surface area contributed by atoms with Gasteiger partial charge in [-0.05, 0) is 18.9 Å². The second kappa shape index (κ2) is 6.03. The van der Waals surface area contributed by atoms with Crippen molar-refractivity contribution in [2.75, 3.05) is 0 Å². The van der Waals surface area contributed by atoms with Gasteiger partial charge in [0.05, 0.1) is 0 Å². The monoisotopic (exact) mass is 244 g/mol. The Balaban J connectivity index is 1.90. The van der Waals surface area contributed by atoms with Gasteiger partial charge >= 0.3 is 0 Å². The zero-order valence-electron chi connectivity index (χ0n) is 11.6. The van der Waals surface area contributed by atoms with Crippen LogP contribution in [0.1, 0.15) is 57.1 Å². The molecule has 98 valence electrons. The van der Waals surface area contributed by atoms with Gasteiger partial charge < -0.3 is 4.90 Å². The standard InChI is InChI=1S/C16H24N2/c1-3-4-5-6-9-13(2)18-12-14-10-7-8-11-15(14)16(18)17/h7-8,10-11,13,17H,3-6,9,12H2,1-2H3. The fraction of sp³-hybridized carbons (Fsp3) is 0.562. The largest absolute Gasteiger partial charge is 0.350 e. The first-order valence-corrected chi connectivity index (χ1v) is 7.17. The van der Waals surface area contributed by atoms with E-state index in [1.54, 1.807) is 0 Å². The minimum Gasteiger partial charge on any atom is -0.350 e. The molecule has 0 amide bonds.